The van der Waals surface area contributed by atoms with Gasteiger partial charge in [-0.1, -0.05) is 0 Å². The molecule has 2 rings (SSSR count). The maximum atomic E-state index is 11.8. The molecule has 6 nitrogen and oxygen atoms in total. The SMILES string of the molecule is O=C(O)c1ccc(S(=O)(=O)Nn2cccc2)s1. The number of carbonyl (C=O) groups is 1. The lowest BCUT2D eigenvalue weighted by atomic mass is 10.5. The molecule has 0 saturated carbocycles. The molecule has 2 aromatic heterocycles. The second-order valence-electron chi connectivity index (χ2n) is 3.11. The first-order valence-corrected chi connectivity index (χ1v) is 6.78. The number of hydrogen-bond donors (Lipinski definition) is 2. The molecule has 0 bridgehead atoms. The number of nitrogens with zero attached hydrogens (tertiary/aromatic N) is 1. The van der Waals surface area contributed by atoms with Crippen LogP contribution in [-0.4, -0.2) is 24.2 Å². The Morgan fingerprint density at radius 2 is 1.94 bits per heavy atom. The monoisotopic (exact) mass is 272 g/mol. The van der Waals surface area contributed by atoms with Gasteiger partial charge in [0.2, 0.25) is 0 Å². The summed E-state index contributed by atoms with van der Waals surface area (Å²) in [5.41, 5.74) is 0. The van der Waals surface area contributed by atoms with Crippen molar-refractivity contribution in [2.45, 2.75) is 4.21 Å². The van der Waals surface area contributed by atoms with Crippen molar-refractivity contribution in [3.8, 4) is 0 Å². The van der Waals surface area contributed by atoms with Gasteiger partial charge in [-0.2, -0.15) is 8.42 Å². The highest BCUT2D eigenvalue weighted by Gasteiger charge is 2.18. The number of hydrogen-bond acceptors (Lipinski definition) is 4. The molecule has 0 saturated heterocycles. The Labute approximate surface area is 101 Å². The fourth-order valence-electron chi connectivity index (χ4n) is 1.16. The molecule has 17 heavy (non-hydrogen) atoms. The summed E-state index contributed by atoms with van der Waals surface area (Å²) in [7, 11) is -3.73. The van der Waals surface area contributed by atoms with Gasteiger partial charge in [0.1, 0.15) is 9.09 Å². The van der Waals surface area contributed by atoms with E-state index < -0.39 is 16.0 Å². The van der Waals surface area contributed by atoms with E-state index in [-0.39, 0.29) is 9.09 Å². The third-order valence-corrected chi connectivity index (χ3v) is 4.78. The van der Waals surface area contributed by atoms with Gasteiger partial charge in [0.05, 0.1) is 0 Å². The van der Waals surface area contributed by atoms with Crippen LogP contribution in [0.1, 0.15) is 9.67 Å². The Hall–Kier alpha value is -1.80. The van der Waals surface area contributed by atoms with Crippen molar-refractivity contribution in [2.24, 2.45) is 0 Å². The molecule has 0 unspecified atom stereocenters. The number of sulfonamides is 1. The van der Waals surface area contributed by atoms with Gasteiger partial charge < -0.3 is 5.11 Å². The summed E-state index contributed by atoms with van der Waals surface area (Å²) in [6.45, 7) is 0. The molecule has 90 valence electrons. The minimum absolute atomic E-state index is 0.0159. The Morgan fingerprint density at radius 3 is 2.47 bits per heavy atom. The Bertz CT molecular complexity index is 628. The summed E-state index contributed by atoms with van der Waals surface area (Å²) in [5.74, 6) is -1.14. The van der Waals surface area contributed by atoms with E-state index in [0.29, 0.717) is 11.3 Å². The number of rotatable bonds is 4. The molecule has 0 amide bonds. The molecule has 0 atom stereocenters. The molecule has 0 aromatic carbocycles. The quantitative estimate of drug-likeness (QED) is 0.874. The van der Waals surface area contributed by atoms with Crippen LogP contribution in [0.3, 0.4) is 0 Å². The molecular formula is C9H8N2O4S2. The molecule has 2 heterocycles. The Balaban J connectivity index is 2.28. The van der Waals surface area contributed by atoms with Gasteiger partial charge in [0.25, 0.3) is 10.0 Å². The highest BCUT2D eigenvalue weighted by Crippen LogP contribution is 2.21. The van der Waals surface area contributed by atoms with Crippen molar-refractivity contribution in [1.29, 1.82) is 0 Å². The molecule has 2 N–H and O–H groups in total. The van der Waals surface area contributed by atoms with Crippen molar-refractivity contribution in [1.82, 2.24) is 4.68 Å². The molecule has 0 radical (unpaired) electrons. The van der Waals surface area contributed by atoms with Crippen LogP contribution in [0.15, 0.2) is 40.9 Å². The lowest BCUT2D eigenvalue weighted by Gasteiger charge is -2.06. The number of nitrogens with one attached hydrogen (secondary N) is 1. The smallest absolute Gasteiger partial charge is 0.345 e. The minimum atomic E-state index is -3.73. The summed E-state index contributed by atoms with van der Waals surface area (Å²) < 4.78 is 24.9. The van der Waals surface area contributed by atoms with E-state index in [9.17, 15) is 13.2 Å². The Morgan fingerprint density at radius 1 is 1.29 bits per heavy atom. The molecule has 8 heteroatoms. The fourth-order valence-corrected chi connectivity index (χ4v) is 3.29. The topological polar surface area (TPSA) is 88.4 Å². The maximum Gasteiger partial charge on any atom is 0.345 e. The summed E-state index contributed by atoms with van der Waals surface area (Å²) in [6.07, 6.45) is 3.06. The zero-order chi connectivity index (χ0) is 12.5. The summed E-state index contributed by atoms with van der Waals surface area (Å²) in [5, 5.41) is 8.71. The molecule has 0 aliphatic carbocycles. The lowest BCUT2D eigenvalue weighted by molar-refractivity contribution is 0.0702. The van der Waals surface area contributed by atoms with Gasteiger partial charge in [-0.05, 0) is 24.3 Å². The molecule has 0 spiro atoms. The van der Waals surface area contributed by atoms with Crippen molar-refractivity contribution in [3.05, 3.63) is 41.5 Å². The van der Waals surface area contributed by atoms with E-state index in [1.54, 1.807) is 12.1 Å². The van der Waals surface area contributed by atoms with Crippen molar-refractivity contribution >= 4 is 27.3 Å². The average molecular weight is 272 g/mol. The van der Waals surface area contributed by atoms with Crippen LogP contribution in [-0.2, 0) is 10.0 Å². The van der Waals surface area contributed by atoms with E-state index in [1.165, 1.54) is 29.2 Å². The predicted octanol–water partition coefficient (Wildman–Crippen LogP) is 1.18. The first-order valence-electron chi connectivity index (χ1n) is 4.48. The van der Waals surface area contributed by atoms with Crippen LogP contribution >= 0.6 is 11.3 Å². The molecule has 2 aromatic rings. The van der Waals surface area contributed by atoms with Crippen LogP contribution in [0.4, 0.5) is 0 Å². The number of carboxylic acid groups (broad SMARTS) is 1. The normalized spacial score (nSPS) is 11.3. The summed E-state index contributed by atoms with van der Waals surface area (Å²) in [4.78, 5) is 12.9. The van der Waals surface area contributed by atoms with Crippen LogP contribution in [0.25, 0.3) is 0 Å². The minimum Gasteiger partial charge on any atom is -0.477 e. The number of aromatic nitrogens is 1. The average Bonchev–Trinajstić information content (AvgIpc) is 2.84. The second kappa shape index (κ2) is 4.22. The van der Waals surface area contributed by atoms with Crippen molar-refractivity contribution in [3.63, 3.8) is 0 Å². The third-order valence-electron chi connectivity index (χ3n) is 1.89. The van der Waals surface area contributed by atoms with Crippen LogP contribution < -0.4 is 4.83 Å². The zero-order valence-electron chi connectivity index (χ0n) is 8.40. The first-order chi connectivity index (χ1) is 7.99. The number of carboxylic acids is 1. The van der Waals surface area contributed by atoms with Gasteiger partial charge in [0.15, 0.2) is 0 Å². The number of aromatic carboxylic acids is 1. The lowest BCUT2D eigenvalue weighted by Crippen LogP contribution is -2.20. The highest BCUT2D eigenvalue weighted by atomic mass is 32.2. The fraction of sp³-hybridized carbons (Fsp3) is 0. The highest BCUT2D eigenvalue weighted by molar-refractivity contribution is 7.94. The van der Waals surface area contributed by atoms with E-state index in [2.05, 4.69) is 4.83 Å². The van der Waals surface area contributed by atoms with Gasteiger partial charge in [-0.3, -0.25) is 4.68 Å². The van der Waals surface area contributed by atoms with Crippen LogP contribution in [0, 0.1) is 0 Å². The summed E-state index contributed by atoms with van der Waals surface area (Å²) in [6, 6.07) is 5.86. The van der Waals surface area contributed by atoms with Crippen molar-refractivity contribution < 1.29 is 18.3 Å². The maximum absolute atomic E-state index is 11.8. The predicted molar refractivity (Wildman–Crippen MR) is 62.3 cm³/mol. The van der Waals surface area contributed by atoms with Gasteiger partial charge in [0, 0.05) is 12.4 Å². The third kappa shape index (κ3) is 2.48. The van der Waals surface area contributed by atoms with Crippen molar-refractivity contribution in [2.75, 3.05) is 4.83 Å². The zero-order valence-corrected chi connectivity index (χ0v) is 10.0. The first kappa shape index (κ1) is 11.7. The number of thiophene rings is 1. The van der Waals surface area contributed by atoms with Gasteiger partial charge in [-0.15, -0.1) is 11.3 Å². The summed E-state index contributed by atoms with van der Waals surface area (Å²) >= 11 is 0.706. The second-order valence-corrected chi connectivity index (χ2v) is 6.08. The van der Waals surface area contributed by atoms with Crippen LogP contribution in [0.2, 0.25) is 0 Å². The standard InChI is InChI=1S/C9H8N2O4S2/c12-9(13)7-3-4-8(16-7)17(14,15)10-11-5-1-2-6-11/h1-6,10H,(H,12,13). The molecule has 0 aliphatic heterocycles. The van der Waals surface area contributed by atoms with E-state index in [0.717, 1.165) is 0 Å². The largest absolute Gasteiger partial charge is 0.477 e. The van der Waals surface area contributed by atoms with Gasteiger partial charge in [-0.25, -0.2) is 9.63 Å². The molecule has 0 fully saturated rings. The molecule has 0 aliphatic rings. The van der Waals surface area contributed by atoms with E-state index in [1.807, 2.05) is 0 Å². The Kier molecular flexibility index (Phi) is 2.90. The molecular weight excluding hydrogens is 264 g/mol. The van der Waals surface area contributed by atoms with Gasteiger partial charge >= 0.3 is 5.97 Å². The van der Waals surface area contributed by atoms with E-state index >= 15 is 0 Å². The van der Waals surface area contributed by atoms with E-state index in [4.69, 9.17) is 5.11 Å². The van der Waals surface area contributed by atoms with Crippen LogP contribution in [0.5, 0.6) is 0 Å².